The van der Waals surface area contributed by atoms with Crippen LogP contribution in [-0.4, -0.2) is 20.7 Å². The highest BCUT2D eigenvalue weighted by Crippen LogP contribution is 2.26. The van der Waals surface area contributed by atoms with E-state index in [4.69, 9.17) is 0 Å². The van der Waals surface area contributed by atoms with Crippen LogP contribution in [0.5, 0.6) is 0 Å². The third kappa shape index (κ3) is 3.55. The maximum atomic E-state index is 11.4. The molecule has 0 bridgehead atoms. The van der Waals surface area contributed by atoms with Crippen molar-refractivity contribution in [1.29, 1.82) is 0 Å². The number of nitrogens with one attached hydrogen (secondary N) is 1. The molecule has 120 valence electrons. The van der Waals surface area contributed by atoms with Crippen LogP contribution in [0.25, 0.3) is 16.1 Å². The summed E-state index contributed by atoms with van der Waals surface area (Å²) in [7, 11) is 0. The van der Waals surface area contributed by atoms with Gasteiger partial charge in [0.25, 0.3) is 0 Å². The molecule has 3 aromatic heterocycles. The zero-order valence-electron chi connectivity index (χ0n) is 13.4. The predicted molar refractivity (Wildman–Crippen MR) is 97.6 cm³/mol. The summed E-state index contributed by atoms with van der Waals surface area (Å²) in [6, 6.07) is 9.50. The molecule has 5 nitrogen and oxygen atoms in total. The van der Waals surface area contributed by atoms with Gasteiger partial charge in [-0.05, 0) is 36.8 Å². The van der Waals surface area contributed by atoms with Crippen molar-refractivity contribution in [3.63, 3.8) is 0 Å². The molecule has 0 aromatic carbocycles. The van der Waals surface area contributed by atoms with E-state index < -0.39 is 0 Å². The average molecular weight is 336 g/mol. The van der Waals surface area contributed by atoms with Crippen LogP contribution in [0.2, 0.25) is 0 Å². The highest BCUT2D eigenvalue weighted by Gasteiger charge is 2.09. The summed E-state index contributed by atoms with van der Waals surface area (Å²) in [5.41, 5.74) is 2.77. The van der Waals surface area contributed by atoms with Crippen LogP contribution >= 0.6 is 11.3 Å². The molecule has 0 atom stereocenters. The Hall–Kier alpha value is -2.86. The van der Waals surface area contributed by atoms with Gasteiger partial charge >= 0.3 is 0 Å². The fourth-order valence-electron chi connectivity index (χ4n) is 2.09. The van der Waals surface area contributed by atoms with Gasteiger partial charge < -0.3 is 5.32 Å². The van der Waals surface area contributed by atoms with E-state index in [1.54, 1.807) is 12.4 Å². The molecule has 3 aromatic rings. The van der Waals surface area contributed by atoms with Crippen molar-refractivity contribution in [3.05, 3.63) is 59.9 Å². The number of aromatic nitrogens is 3. The van der Waals surface area contributed by atoms with Crippen LogP contribution in [0.4, 0.5) is 11.6 Å². The maximum absolute atomic E-state index is 11.4. The Kier molecular flexibility index (Phi) is 4.48. The Morgan fingerprint density at radius 1 is 1.17 bits per heavy atom. The van der Waals surface area contributed by atoms with Gasteiger partial charge in [0.1, 0.15) is 11.6 Å². The largest absolute Gasteiger partial charge is 0.325 e. The number of Topliss-reactive ketones (excluding diaryl/α,β-unsaturated/α-hetero) is 1. The second-order valence-corrected chi connectivity index (χ2v) is 6.36. The number of thiazole rings is 1. The van der Waals surface area contributed by atoms with Gasteiger partial charge in [0.05, 0.1) is 10.6 Å². The lowest BCUT2D eigenvalue weighted by molar-refractivity contribution is 0.101. The third-order valence-corrected chi connectivity index (χ3v) is 4.44. The molecule has 0 radical (unpaired) electrons. The van der Waals surface area contributed by atoms with Gasteiger partial charge in [-0.2, -0.15) is 0 Å². The van der Waals surface area contributed by atoms with Crippen LogP contribution in [0.3, 0.4) is 0 Å². The van der Waals surface area contributed by atoms with E-state index in [0.717, 1.165) is 21.7 Å². The Labute approximate surface area is 144 Å². The minimum Gasteiger partial charge on any atom is -0.325 e. The Morgan fingerprint density at radius 3 is 2.71 bits per heavy atom. The van der Waals surface area contributed by atoms with Crippen molar-refractivity contribution in [1.82, 2.24) is 15.0 Å². The van der Waals surface area contributed by atoms with Crippen molar-refractivity contribution in [2.24, 2.45) is 0 Å². The first-order valence-corrected chi connectivity index (χ1v) is 8.18. The molecule has 0 spiro atoms. The van der Waals surface area contributed by atoms with Gasteiger partial charge in [-0.1, -0.05) is 18.2 Å². The standard InChI is InChI=1S/C18H16N4OS/c1-11(2)13-7-8-19-17(9-13)22-16-6-4-5-14(21-16)15-10-20-18(24-15)12(3)23/h4-10H,1H2,2-3H3,(H,19,21,22). The van der Waals surface area contributed by atoms with Gasteiger partial charge in [-0.15, -0.1) is 11.3 Å². The molecule has 0 unspecified atom stereocenters. The highest BCUT2D eigenvalue weighted by atomic mass is 32.1. The van der Waals surface area contributed by atoms with E-state index >= 15 is 0 Å². The Morgan fingerprint density at radius 2 is 2.00 bits per heavy atom. The fourth-order valence-corrected chi connectivity index (χ4v) is 2.87. The average Bonchev–Trinajstić information content (AvgIpc) is 3.06. The van der Waals surface area contributed by atoms with Crippen LogP contribution in [-0.2, 0) is 0 Å². The number of allylic oxidation sites excluding steroid dienone is 1. The molecule has 0 saturated carbocycles. The summed E-state index contributed by atoms with van der Waals surface area (Å²) in [4.78, 5) is 25.2. The lowest BCUT2D eigenvalue weighted by Gasteiger charge is -2.07. The summed E-state index contributed by atoms with van der Waals surface area (Å²) in [6.45, 7) is 7.40. The number of hydrogen-bond donors (Lipinski definition) is 1. The number of carbonyl (C=O) groups is 1. The van der Waals surface area contributed by atoms with Crippen molar-refractivity contribution < 1.29 is 4.79 Å². The van der Waals surface area contributed by atoms with Crippen molar-refractivity contribution in [2.45, 2.75) is 13.8 Å². The number of pyridine rings is 2. The quantitative estimate of drug-likeness (QED) is 0.691. The summed E-state index contributed by atoms with van der Waals surface area (Å²) in [5, 5.41) is 3.68. The van der Waals surface area contributed by atoms with E-state index in [2.05, 4.69) is 26.8 Å². The number of carbonyl (C=O) groups excluding carboxylic acids is 1. The van der Waals surface area contributed by atoms with E-state index in [9.17, 15) is 4.79 Å². The first-order valence-electron chi connectivity index (χ1n) is 7.36. The van der Waals surface area contributed by atoms with E-state index in [0.29, 0.717) is 16.6 Å². The second-order valence-electron chi connectivity index (χ2n) is 5.33. The SMILES string of the molecule is C=C(C)c1ccnc(Nc2cccc(-c3cnc(C(C)=O)s3)n2)c1. The minimum atomic E-state index is -0.0404. The lowest BCUT2D eigenvalue weighted by Crippen LogP contribution is -1.97. The summed E-state index contributed by atoms with van der Waals surface area (Å²) in [5.74, 6) is 1.34. The number of anilines is 2. The summed E-state index contributed by atoms with van der Waals surface area (Å²) < 4.78 is 0. The molecule has 6 heteroatoms. The van der Waals surface area contributed by atoms with Crippen LogP contribution < -0.4 is 5.32 Å². The summed E-state index contributed by atoms with van der Waals surface area (Å²) in [6.07, 6.45) is 3.41. The minimum absolute atomic E-state index is 0.0404. The Bertz CT molecular complexity index is 917. The monoisotopic (exact) mass is 336 g/mol. The van der Waals surface area contributed by atoms with Crippen molar-refractivity contribution in [3.8, 4) is 10.6 Å². The predicted octanol–water partition coefficient (Wildman–Crippen LogP) is 4.58. The molecular weight excluding hydrogens is 320 g/mol. The first kappa shape index (κ1) is 16.0. The molecule has 0 fully saturated rings. The third-order valence-electron chi connectivity index (χ3n) is 3.32. The molecule has 0 aliphatic rings. The van der Waals surface area contributed by atoms with Crippen LogP contribution in [0, 0.1) is 0 Å². The van der Waals surface area contributed by atoms with Crippen LogP contribution in [0.1, 0.15) is 29.2 Å². The van der Waals surface area contributed by atoms with Gasteiger partial charge in [0.2, 0.25) is 0 Å². The molecule has 0 saturated heterocycles. The number of hydrogen-bond acceptors (Lipinski definition) is 6. The maximum Gasteiger partial charge on any atom is 0.188 e. The topological polar surface area (TPSA) is 67.8 Å². The van der Waals surface area contributed by atoms with Gasteiger partial charge in [-0.3, -0.25) is 4.79 Å². The second kappa shape index (κ2) is 6.72. The first-order chi connectivity index (χ1) is 11.5. The van der Waals surface area contributed by atoms with Crippen molar-refractivity contribution >= 4 is 34.3 Å². The molecule has 24 heavy (non-hydrogen) atoms. The molecule has 3 heterocycles. The number of rotatable bonds is 5. The molecule has 0 aliphatic heterocycles. The van der Waals surface area contributed by atoms with Crippen molar-refractivity contribution in [2.75, 3.05) is 5.32 Å². The van der Waals surface area contributed by atoms with Gasteiger partial charge in [0.15, 0.2) is 10.8 Å². The summed E-state index contributed by atoms with van der Waals surface area (Å²) >= 11 is 1.34. The molecule has 1 N–H and O–H groups in total. The normalized spacial score (nSPS) is 10.4. The van der Waals surface area contributed by atoms with E-state index in [1.165, 1.54) is 18.3 Å². The van der Waals surface area contributed by atoms with Gasteiger partial charge in [0, 0.05) is 19.3 Å². The molecule has 0 amide bonds. The fraction of sp³-hybridized carbons (Fsp3) is 0.111. The van der Waals surface area contributed by atoms with Crippen LogP contribution in [0.15, 0.2) is 49.3 Å². The number of ketones is 1. The lowest BCUT2D eigenvalue weighted by atomic mass is 10.1. The van der Waals surface area contributed by atoms with Gasteiger partial charge in [-0.25, -0.2) is 15.0 Å². The number of nitrogens with zero attached hydrogens (tertiary/aromatic N) is 3. The van der Waals surface area contributed by atoms with E-state index in [-0.39, 0.29) is 5.78 Å². The zero-order chi connectivity index (χ0) is 17.1. The Balaban J connectivity index is 1.86. The molecule has 0 aliphatic carbocycles. The van der Waals surface area contributed by atoms with E-state index in [1.807, 2.05) is 37.3 Å². The molecular formula is C18H16N4OS. The highest BCUT2D eigenvalue weighted by molar-refractivity contribution is 7.16. The smallest absolute Gasteiger partial charge is 0.188 e. The molecule has 3 rings (SSSR count). The zero-order valence-corrected chi connectivity index (χ0v) is 14.2.